The Labute approximate surface area is 383 Å². The van der Waals surface area contributed by atoms with Gasteiger partial charge in [-0.3, -0.25) is 19.3 Å². The molecule has 346 valence electrons. The third-order valence-electron chi connectivity index (χ3n) is 14.1. The number of fused-ring (bicyclic) bond motifs is 2. The van der Waals surface area contributed by atoms with E-state index in [4.69, 9.17) is 25.3 Å². The topological polar surface area (TPSA) is 215 Å². The normalized spacial score (nSPS) is 24.8. The number of nitrogens with one attached hydrogen (secondary N) is 1. The number of thiazole rings is 1. The molecular weight excluding hydrogens is 869 g/mol. The van der Waals surface area contributed by atoms with Crippen LogP contribution in [0.5, 0.6) is 5.75 Å². The summed E-state index contributed by atoms with van der Waals surface area (Å²) in [6.07, 6.45) is 8.35. The van der Waals surface area contributed by atoms with Crippen molar-refractivity contribution in [3.05, 3.63) is 82.8 Å². The summed E-state index contributed by atoms with van der Waals surface area (Å²) >= 11 is 1.40. The lowest BCUT2D eigenvalue weighted by molar-refractivity contribution is -0.248. The lowest BCUT2D eigenvalue weighted by Crippen LogP contribution is -2.64. The summed E-state index contributed by atoms with van der Waals surface area (Å²) in [4.78, 5) is 40.2. The number of carbonyl (C=O) groups excluding carboxylic acids is 1. The van der Waals surface area contributed by atoms with Gasteiger partial charge in [-0.25, -0.2) is 14.8 Å². The van der Waals surface area contributed by atoms with E-state index in [1.807, 2.05) is 70.9 Å². The van der Waals surface area contributed by atoms with Crippen molar-refractivity contribution in [1.29, 1.82) is 0 Å². The van der Waals surface area contributed by atoms with Gasteiger partial charge in [0, 0.05) is 67.2 Å². The first-order chi connectivity index (χ1) is 30.9. The molecular formula is C47H58N8O8S2. The lowest BCUT2D eigenvalue weighted by Gasteiger charge is -2.69. The van der Waals surface area contributed by atoms with E-state index in [2.05, 4.69) is 24.1 Å². The summed E-state index contributed by atoms with van der Waals surface area (Å²) in [7, 11) is -2.20. The van der Waals surface area contributed by atoms with Crippen LogP contribution in [0, 0.1) is 23.2 Å². The Balaban J connectivity index is 0.949. The zero-order valence-electron chi connectivity index (χ0n) is 37.4. The largest absolute Gasteiger partial charge is 0.492 e. The minimum atomic E-state index is -4.04. The molecule has 4 saturated carbocycles. The molecule has 0 radical (unpaired) electrons. The SMILES string of the molecule is Cc1c(-c2ccc(N3CCc4c(OCCN)ccc(C(=O)Nc5nc6ccccc6s5)c4C3)nc2C(=O)O)cnn1CC12CC3(C)CC(C)(C1)CC(OCCN(C)CCS(=O)(=O)O)(C3)C2. The summed E-state index contributed by atoms with van der Waals surface area (Å²) in [5, 5.41) is 19.1. The molecule has 18 heteroatoms. The van der Waals surface area contributed by atoms with Crippen LogP contribution in [0.4, 0.5) is 10.9 Å². The molecule has 4 aliphatic carbocycles. The van der Waals surface area contributed by atoms with Gasteiger partial charge in [0.15, 0.2) is 10.8 Å². The van der Waals surface area contributed by atoms with E-state index in [0.717, 1.165) is 65.6 Å². The van der Waals surface area contributed by atoms with Gasteiger partial charge in [0.2, 0.25) is 0 Å². The van der Waals surface area contributed by atoms with E-state index in [-0.39, 0.29) is 45.7 Å². The number of pyridine rings is 1. The van der Waals surface area contributed by atoms with Crippen LogP contribution in [-0.2, 0) is 34.4 Å². The Hall–Kier alpha value is -4.98. The number of anilines is 2. The van der Waals surface area contributed by atoms with Gasteiger partial charge in [-0.1, -0.05) is 37.3 Å². The van der Waals surface area contributed by atoms with Gasteiger partial charge in [0.25, 0.3) is 16.0 Å². The van der Waals surface area contributed by atoms with Crippen LogP contribution >= 0.6 is 11.3 Å². The number of aromatic carboxylic acids is 1. The quantitative estimate of drug-likeness (QED) is 0.0717. The predicted molar refractivity (Wildman–Crippen MR) is 249 cm³/mol. The summed E-state index contributed by atoms with van der Waals surface area (Å²) < 4.78 is 47.7. The van der Waals surface area contributed by atoms with Crippen LogP contribution in [0.25, 0.3) is 21.3 Å². The van der Waals surface area contributed by atoms with Crippen LogP contribution in [0.1, 0.15) is 90.0 Å². The lowest BCUT2D eigenvalue weighted by atomic mass is 9.39. The molecule has 5 aromatic rings. The van der Waals surface area contributed by atoms with Crippen LogP contribution in [0.3, 0.4) is 0 Å². The van der Waals surface area contributed by atoms with Crippen LogP contribution in [0.2, 0.25) is 0 Å². The van der Waals surface area contributed by atoms with Crippen molar-refractivity contribution in [3.8, 4) is 16.9 Å². The van der Waals surface area contributed by atoms with Gasteiger partial charge in [-0.15, -0.1) is 0 Å². The second-order valence-electron chi connectivity index (χ2n) is 19.8. The summed E-state index contributed by atoms with van der Waals surface area (Å²) in [6, 6.07) is 15.0. The van der Waals surface area contributed by atoms with E-state index >= 15 is 0 Å². The Morgan fingerprint density at radius 1 is 0.954 bits per heavy atom. The number of carboxylic acids is 1. The number of hydrogen-bond donors (Lipinski definition) is 4. The van der Waals surface area contributed by atoms with E-state index in [1.165, 1.54) is 11.3 Å². The third-order valence-corrected chi connectivity index (χ3v) is 15.7. The van der Waals surface area contributed by atoms with Crippen molar-refractivity contribution in [2.24, 2.45) is 22.0 Å². The number of benzene rings is 2. The van der Waals surface area contributed by atoms with Gasteiger partial charge in [-0.05, 0) is 117 Å². The second-order valence-corrected chi connectivity index (χ2v) is 22.4. The zero-order chi connectivity index (χ0) is 45.9. The highest BCUT2D eigenvalue weighted by atomic mass is 32.2. The third kappa shape index (κ3) is 9.25. The van der Waals surface area contributed by atoms with Crippen molar-refractivity contribution in [2.75, 3.05) is 62.4 Å². The van der Waals surface area contributed by atoms with Gasteiger partial charge in [-0.2, -0.15) is 13.5 Å². The van der Waals surface area contributed by atoms with Gasteiger partial charge in [0.05, 0.1) is 34.4 Å². The summed E-state index contributed by atoms with van der Waals surface area (Å²) in [5.41, 5.74) is 10.5. The van der Waals surface area contributed by atoms with E-state index < -0.39 is 16.1 Å². The van der Waals surface area contributed by atoms with E-state index in [1.54, 1.807) is 12.3 Å². The number of hydrogen-bond acceptors (Lipinski definition) is 13. The molecule has 2 aromatic carbocycles. The first-order valence-electron chi connectivity index (χ1n) is 22.3. The number of rotatable bonds is 17. The molecule has 1 amide bonds. The molecule has 2 unspecified atom stereocenters. The zero-order valence-corrected chi connectivity index (χ0v) is 39.1. The second kappa shape index (κ2) is 17.0. The maximum absolute atomic E-state index is 13.9. The van der Waals surface area contributed by atoms with Crippen molar-refractivity contribution in [2.45, 2.75) is 84.4 Å². The number of nitrogens with two attached hydrogens (primary N) is 1. The number of ether oxygens (including phenoxy) is 2. The number of likely N-dealkylation sites (N-methyl/N-ethyl adjacent to an activating group) is 1. The van der Waals surface area contributed by atoms with Crippen LogP contribution in [-0.4, -0.2) is 112 Å². The summed E-state index contributed by atoms with van der Waals surface area (Å²) in [5.74, 6) is -0.610. The maximum Gasteiger partial charge on any atom is 0.355 e. The Morgan fingerprint density at radius 2 is 1.72 bits per heavy atom. The van der Waals surface area contributed by atoms with Crippen LogP contribution < -0.4 is 20.7 Å². The smallest absolute Gasteiger partial charge is 0.355 e. The van der Waals surface area contributed by atoms with Gasteiger partial charge >= 0.3 is 5.97 Å². The highest BCUT2D eigenvalue weighted by Crippen LogP contribution is 2.72. The average molecular weight is 927 g/mol. The Morgan fingerprint density at radius 3 is 2.45 bits per heavy atom. The minimum Gasteiger partial charge on any atom is -0.492 e. The molecule has 1 aliphatic heterocycles. The fourth-order valence-corrected chi connectivity index (χ4v) is 14.0. The highest BCUT2D eigenvalue weighted by molar-refractivity contribution is 7.85. The number of aromatic nitrogens is 4. The molecule has 4 fully saturated rings. The molecule has 4 bridgehead atoms. The number of amides is 1. The molecule has 10 rings (SSSR count). The Bertz CT molecular complexity index is 2720. The molecule has 3 aromatic heterocycles. The Kier molecular flexibility index (Phi) is 11.8. The van der Waals surface area contributed by atoms with E-state index in [0.29, 0.717) is 85.7 Å². The minimum absolute atomic E-state index is 0.0754. The molecule has 5 N–H and O–H groups in total. The van der Waals surface area contributed by atoms with Gasteiger partial charge < -0.3 is 30.1 Å². The van der Waals surface area contributed by atoms with Crippen molar-refractivity contribution in [1.82, 2.24) is 24.6 Å². The fraction of sp³-hybridized carbons (Fsp3) is 0.511. The number of carboxylic acid groups (broad SMARTS) is 1. The standard InChI is InChI=1S/C47H58N8O8S2/c1-30-34(21-49-55(30)29-46-24-44(2)23-45(3,25-46)27-47(26-44,28-46)63-19-16-53(4)17-20-65(59,60)61)32-10-12-39(51-40(32)42(57)58)54-15-13-31-35(22-54)33(9-11-37(31)62-18-14-48)41(56)52-43-50-36-7-5-6-8-38(36)64-43/h5-12,21H,13-20,22-29,48H2,1-4H3,(H,57,58)(H,50,52,56)(H,59,60,61). The molecule has 5 aliphatic rings. The average Bonchev–Trinajstić information content (AvgIpc) is 3.81. The number of nitrogens with zero attached hydrogens (tertiary/aromatic N) is 6. The molecule has 0 spiro atoms. The number of carbonyl (C=O) groups is 2. The van der Waals surface area contributed by atoms with Gasteiger partial charge in [0.1, 0.15) is 18.2 Å². The first kappa shape index (κ1) is 45.2. The molecule has 0 saturated heterocycles. The summed E-state index contributed by atoms with van der Waals surface area (Å²) in [6.45, 7) is 10.2. The fourth-order valence-electron chi connectivity index (χ4n) is 12.6. The molecule has 16 nitrogen and oxygen atoms in total. The first-order valence-corrected chi connectivity index (χ1v) is 24.7. The molecule has 4 heterocycles. The molecule has 2 atom stereocenters. The number of para-hydroxylation sites is 1. The monoisotopic (exact) mass is 926 g/mol. The maximum atomic E-state index is 13.9. The highest BCUT2D eigenvalue weighted by Gasteiger charge is 2.66. The van der Waals surface area contributed by atoms with Crippen molar-refractivity contribution in [3.63, 3.8) is 0 Å². The van der Waals surface area contributed by atoms with Crippen molar-refractivity contribution < 1.29 is 37.1 Å². The molecule has 65 heavy (non-hydrogen) atoms. The predicted octanol–water partition coefficient (Wildman–Crippen LogP) is 6.67. The van der Waals surface area contributed by atoms with Crippen LogP contribution in [0.15, 0.2) is 54.7 Å². The van der Waals surface area contributed by atoms with Crippen molar-refractivity contribution >= 4 is 54.5 Å². The van der Waals surface area contributed by atoms with E-state index in [9.17, 15) is 27.7 Å².